The average Bonchev–Trinajstić information content (AvgIpc) is 2.65. The minimum absolute atomic E-state index is 0.0692. The van der Waals surface area contributed by atoms with Crippen molar-refractivity contribution in [3.8, 4) is 5.75 Å². The van der Waals surface area contributed by atoms with Crippen molar-refractivity contribution in [2.75, 3.05) is 5.75 Å². The van der Waals surface area contributed by atoms with Crippen LogP contribution < -0.4 is 4.83 Å². The molecule has 0 heterocycles. The molecule has 0 fully saturated rings. The van der Waals surface area contributed by atoms with Gasteiger partial charge in [-0.15, -0.1) is 0 Å². The van der Waals surface area contributed by atoms with E-state index < -0.39 is 10.0 Å². The van der Waals surface area contributed by atoms with Gasteiger partial charge in [0.05, 0.1) is 12.0 Å². The molecule has 0 bridgehead atoms. The lowest BCUT2D eigenvalue weighted by Crippen LogP contribution is -2.21. The van der Waals surface area contributed by atoms with Crippen LogP contribution in [0.2, 0.25) is 0 Å². The smallest absolute Gasteiger partial charge is 0.247 e. The van der Waals surface area contributed by atoms with Crippen LogP contribution in [0.3, 0.4) is 0 Å². The molecule has 2 aromatic rings. The molecule has 148 valence electrons. The molecule has 2 aromatic carbocycles. The van der Waals surface area contributed by atoms with Crippen LogP contribution in [-0.4, -0.2) is 25.5 Å². The van der Waals surface area contributed by atoms with Crippen LogP contribution in [0.1, 0.15) is 63.9 Å². The Morgan fingerprint density at radius 2 is 1.63 bits per heavy atom. The van der Waals surface area contributed by atoms with E-state index in [9.17, 15) is 13.5 Å². The van der Waals surface area contributed by atoms with Crippen molar-refractivity contribution in [1.29, 1.82) is 0 Å². The van der Waals surface area contributed by atoms with Gasteiger partial charge in [-0.05, 0) is 23.3 Å². The Hall–Kier alpha value is -2.08. The Bertz CT molecular complexity index is 848. The van der Waals surface area contributed by atoms with Crippen molar-refractivity contribution in [2.24, 2.45) is 5.10 Å². The van der Waals surface area contributed by atoms with E-state index in [1.807, 2.05) is 30.3 Å². The number of nitrogens with one attached hydrogen (secondary N) is 1. The number of hydrogen-bond donors (Lipinski definition) is 2. The lowest BCUT2D eigenvalue weighted by atomic mass is 10.0. The number of unbranched alkanes of at least 4 members (excludes halogenated alkanes) is 7. The van der Waals surface area contributed by atoms with Crippen LogP contribution in [0.4, 0.5) is 0 Å². The Kier molecular flexibility index (Phi) is 8.58. The summed E-state index contributed by atoms with van der Waals surface area (Å²) >= 11 is 0. The maximum Gasteiger partial charge on any atom is 0.247 e. The standard InChI is InChI=1S/C21H30N2O3S/c1-2-3-4-5-6-7-8-11-16-27(25,26)23-22-17-20-19-13-10-9-12-18(19)14-15-21(20)24/h9-10,12-15,17,23-24H,2-8,11,16H2,1H3. The predicted octanol–water partition coefficient (Wildman–Crippen LogP) is 4.94. The summed E-state index contributed by atoms with van der Waals surface area (Å²) in [6.07, 6.45) is 10.2. The van der Waals surface area contributed by atoms with E-state index >= 15 is 0 Å². The fourth-order valence-electron chi connectivity index (χ4n) is 3.06. The molecule has 0 aliphatic rings. The minimum Gasteiger partial charge on any atom is -0.507 e. The molecule has 6 heteroatoms. The molecule has 0 saturated heterocycles. The van der Waals surface area contributed by atoms with Gasteiger partial charge in [0, 0.05) is 5.56 Å². The molecule has 0 aromatic heterocycles. The number of rotatable bonds is 12. The predicted molar refractivity (Wildman–Crippen MR) is 113 cm³/mol. The zero-order chi connectivity index (χ0) is 19.5. The molecule has 27 heavy (non-hydrogen) atoms. The van der Waals surface area contributed by atoms with Crippen LogP contribution in [0.15, 0.2) is 41.5 Å². The number of benzene rings is 2. The number of aromatic hydroxyl groups is 1. The van der Waals surface area contributed by atoms with Crippen molar-refractivity contribution in [2.45, 2.75) is 58.3 Å². The molecule has 0 saturated carbocycles. The highest BCUT2D eigenvalue weighted by Crippen LogP contribution is 2.25. The van der Waals surface area contributed by atoms with Gasteiger partial charge < -0.3 is 5.11 Å². The second-order valence-electron chi connectivity index (χ2n) is 6.86. The average molecular weight is 391 g/mol. The van der Waals surface area contributed by atoms with E-state index in [1.54, 1.807) is 6.07 Å². The summed E-state index contributed by atoms with van der Waals surface area (Å²) in [4.78, 5) is 2.25. The van der Waals surface area contributed by atoms with Gasteiger partial charge in [0.15, 0.2) is 0 Å². The molecule has 5 nitrogen and oxygen atoms in total. The van der Waals surface area contributed by atoms with Crippen molar-refractivity contribution in [1.82, 2.24) is 4.83 Å². The van der Waals surface area contributed by atoms with Gasteiger partial charge >= 0.3 is 0 Å². The molecule has 0 spiro atoms. The fraction of sp³-hybridized carbons (Fsp3) is 0.476. The molecule has 0 amide bonds. The van der Waals surface area contributed by atoms with Crippen LogP contribution >= 0.6 is 0 Å². The van der Waals surface area contributed by atoms with Crippen molar-refractivity contribution in [3.05, 3.63) is 42.0 Å². The molecule has 2 N–H and O–H groups in total. The number of phenolic OH excluding ortho intramolecular Hbond substituents is 1. The van der Waals surface area contributed by atoms with Crippen LogP contribution in [-0.2, 0) is 10.0 Å². The van der Waals surface area contributed by atoms with E-state index in [0.29, 0.717) is 12.0 Å². The molecule has 0 aliphatic heterocycles. The molecular formula is C21H30N2O3S. The fourth-order valence-corrected chi connectivity index (χ4v) is 3.95. The van der Waals surface area contributed by atoms with Crippen LogP contribution in [0, 0.1) is 0 Å². The third-order valence-corrected chi connectivity index (χ3v) is 5.81. The first-order valence-corrected chi connectivity index (χ1v) is 11.4. The van der Waals surface area contributed by atoms with Gasteiger partial charge in [0.2, 0.25) is 10.0 Å². The highest BCUT2D eigenvalue weighted by Gasteiger charge is 2.09. The van der Waals surface area contributed by atoms with Crippen LogP contribution in [0.5, 0.6) is 5.75 Å². The van der Waals surface area contributed by atoms with Crippen molar-refractivity contribution >= 4 is 27.0 Å². The Morgan fingerprint density at radius 1 is 0.963 bits per heavy atom. The number of hydrogen-bond acceptors (Lipinski definition) is 4. The second kappa shape index (κ2) is 10.9. The molecule has 0 aliphatic carbocycles. The third kappa shape index (κ3) is 7.21. The highest BCUT2D eigenvalue weighted by atomic mass is 32.2. The first-order chi connectivity index (χ1) is 13.0. The quantitative estimate of drug-likeness (QED) is 0.306. The van der Waals surface area contributed by atoms with E-state index in [-0.39, 0.29) is 11.5 Å². The summed E-state index contributed by atoms with van der Waals surface area (Å²) in [5, 5.41) is 15.7. The first-order valence-electron chi connectivity index (χ1n) is 9.77. The zero-order valence-electron chi connectivity index (χ0n) is 16.0. The summed E-state index contributed by atoms with van der Waals surface area (Å²) in [6, 6.07) is 11.0. The lowest BCUT2D eigenvalue weighted by molar-refractivity contribution is 0.475. The molecule has 0 radical (unpaired) electrons. The van der Waals surface area contributed by atoms with Gasteiger partial charge in [-0.25, -0.2) is 13.2 Å². The van der Waals surface area contributed by atoms with E-state index in [2.05, 4.69) is 16.9 Å². The molecule has 2 rings (SSSR count). The van der Waals surface area contributed by atoms with E-state index in [1.165, 1.54) is 38.3 Å². The maximum absolute atomic E-state index is 12.1. The normalized spacial score (nSPS) is 12.0. The Morgan fingerprint density at radius 3 is 2.37 bits per heavy atom. The monoisotopic (exact) mass is 390 g/mol. The molecule has 0 atom stereocenters. The van der Waals surface area contributed by atoms with Crippen molar-refractivity contribution < 1.29 is 13.5 Å². The molecular weight excluding hydrogens is 360 g/mol. The topological polar surface area (TPSA) is 78.8 Å². The number of phenols is 1. The Labute approximate surface area is 162 Å². The number of nitrogens with zero attached hydrogens (tertiary/aromatic N) is 1. The number of sulfonamides is 1. The number of hydrazone groups is 1. The van der Waals surface area contributed by atoms with Gasteiger partial charge in [0.25, 0.3) is 0 Å². The highest BCUT2D eigenvalue weighted by molar-refractivity contribution is 7.89. The number of fused-ring (bicyclic) bond motifs is 1. The van der Waals surface area contributed by atoms with E-state index in [4.69, 9.17) is 0 Å². The largest absolute Gasteiger partial charge is 0.507 e. The summed E-state index contributed by atoms with van der Waals surface area (Å²) in [5.41, 5.74) is 0.503. The minimum atomic E-state index is -3.45. The van der Waals surface area contributed by atoms with Crippen molar-refractivity contribution in [3.63, 3.8) is 0 Å². The maximum atomic E-state index is 12.1. The van der Waals surface area contributed by atoms with Gasteiger partial charge in [-0.2, -0.15) is 5.10 Å². The summed E-state index contributed by atoms with van der Waals surface area (Å²) in [7, 11) is -3.45. The first kappa shape index (κ1) is 21.2. The van der Waals surface area contributed by atoms with Gasteiger partial charge in [-0.3, -0.25) is 0 Å². The third-order valence-electron chi connectivity index (χ3n) is 4.60. The SMILES string of the molecule is CCCCCCCCCCS(=O)(=O)NN=Cc1c(O)ccc2ccccc12. The summed E-state index contributed by atoms with van der Waals surface area (Å²) in [5.74, 6) is 0.139. The molecule has 0 unspecified atom stereocenters. The summed E-state index contributed by atoms with van der Waals surface area (Å²) in [6.45, 7) is 2.20. The Balaban J connectivity index is 1.81. The van der Waals surface area contributed by atoms with Gasteiger partial charge in [-0.1, -0.05) is 82.2 Å². The second-order valence-corrected chi connectivity index (χ2v) is 8.68. The van der Waals surface area contributed by atoms with Crippen LogP contribution in [0.25, 0.3) is 10.8 Å². The van der Waals surface area contributed by atoms with E-state index in [0.717, 1.165) is 23.6 Å². The van der Waals surface area contributed by atoms with Gasteiger partial charge in [0.1, 0.15) is 5.75 Å². The summed E-state index contributed by atoms with van der Waals surface area (Å²) < 4.78 is 24.1. The zero-order valence-corrected chi connectivity index (χ0v) is 16.8. The lowest BCUT2D eigenvalue weighted by Gasteiger charge is -2.06.